The Hall–Kier alpha value is -1.63. The van der Waals surface area contributed by atoms with E-state index in [9.17, 15) is 8.42 Å². The predicted octanol–water partition coefficient (Wildman–Crippen LogP) is 1.44. The molecule has 6 heteroatoms. The van der Waals surface area contributed by atoms with Gasteiger partial charge in [0.2, 0.25) is 10.0 Å². The van der Waals surface area contributed by atoms with Gasteiger partial charge in [0.25, 0.3) is 0 Å². The second-order valence-corrected chi connectivity index (χ2v) is 6.87. The molecule has 0 saturated carbocycles. The van der Waals surface area contributed by atoms with Crippen LogP contribution < -0.4 is 5.32 Å². The number of aromatic amines is 1. The van der Waals surface area contributed by atoms with Gasteiger partial charge in [-0.3, -0.25) is 0 Å². The zero-order valence-electron chi connectivity index (χ0n) is 11.3. The first-order valence-corrected chi connectivity index (χ1v) is 7.94. The first-order chi connectivity index (χ1) is 9.61. The van der Waals surface area contributed by atoms with Crippen LogP contribution in [-0.4, -0.2) is 24.8 Å². The van der Waals surface area contributed by atoms with Gasteiger partial charge >= 0.3 is 0 Å². The lowest BCUT2D eigenvalue weighted by atomic mass is 10.1. The smallest absolute Gasteiger partial charge is 0.245 e. The molecule has 0 radical (unpaired) electrons. The van der Waals surface area contributed by atoms with E-state index in [1.807, 2.05) is 31.3 Å². The third kappa shape index (κ3) is 2.26. The molecular weight excluding hydrogens is 274 g/mol. The number of fused-ring (bicyclic) bond motifs is 1. The lowest BCUT2D eigenvalue weighted by Gasteiger charge is -2.14. The van der Waals surface area contributed by atoms with Crippen LogP contribution in [0.4, 0.5) is 0 Å². The molecule has 0 amide bonds. The minimum Gasteiger partial charge on any atom is -0.363 e. The van der Waals surface area contributed by atoms with Gasteiger partial charge in [0.1, 0.15) is 0 Å². The standard InChI is InChI=1S/C14H17N3O2S/c1-15-7-13-6-14(8-16-13)20(18,19)17-9-11-4-2-3-5-12(11)10-17/h2-6,8,15-16H,7,9-10H2,1H3. The van der Waals surface area contributed by atoms with E-state index >= 15 is 0 Å². The predicted molar refractivity (Wildman–Crippen MR) is 76.4 cm³/mol. The monoisotopic (exact) mass is 291 g/mol. The van der Waals surface area contributed by atoms with Crippen LogP contribution in [0.25, 0.3) is 0 Å². The molecule has 0 aliphatic carbocycles. The van der Waals surface area contributed by atoms with Crippen molar-refractivity contribution in [1.82, 2.24) is 14.6 Å². The first-order valence-electron chi connectivity index (χ1n) is 6.50. The fourth-order valence-corrected chi connectivity index (χ4v) is 3.90. The lowest BCUT2D eigenvalue weighted by molar-refractivity contribution is 0.431. The van der Waals surface area contributed by atoms with Gasteiger partial charge in [-0.1, -0.05) is 24.3 Å². The molecule has 5 nitrogen and oxygen atoms in total. The molecular formula is C14H17N3O2S. The van der Waals surface area contributed by atoms with Crippen LogP contribution in [0.5, 0.6) is 0 Å². The van der Waals surface area contributed by atoms with Gasteiger partial charge in [0, 0.05) is 31.5 Å². The molecule has 106 valence electrons. The van der Waals surface area contributed by atoms with Crippen molar-refractivity contribution in [2.75, 3.05) is 7.05 Å². The van der Waals surface area contributed by atoms with E-state index in [0.29, 0.717) is 24.5 Å². The minimum absolute atomic E-state index is 0.329. The van der Waals surface area contributed by atoms with Crippen molar-refractivity contribution in [2.24, 2.45) is 0 Å². The van der Waals surface area contributed by atoms with E-state index in [1.54, 1.807) is 12.3 Å². The number of nitrogens with one attached hydrogen (secondary N) is 2. The maximum atomic E-state index is 12.6. The van der Waals surface area contributed by atoms with E-state index in [2.05, 4.69) is 10.3 Å². The molecule has 1 aromatic heterocycles. The lowest BCUT2D eigenvalue weighted by Crippen LogP contribution is -2.25. The highest BCUT2D eigenvalue weighted by molar-refractivity contribution is 7.89. The van der Waals surface area contributed by atoms with Gasteiger partial charge in [0.05, 0.1) is 4.90 Å². The maximum absolute atomic E-state index is 12.6. The maximum Gasteiger partial charge on any atom is 0.245 e. The number of nitrogens with zero attached hydrogens (tertiary/aromatic N) is 1. The number of benzene rings is 1. The van der Waals surface area contributed by atoms with Crippen molar-refractivity contribution in [3.8, 4) is 0 Å². The normalized spacial score (nSPS) is 15.4. The second-order valence-electron chi connectivity index (χ2n) is 4.93. The Morgan fingerprint density at radius 2 is 1.90 bits per heavy atom. The van der Waals surface area contributed by atoms with Gasteiger partial charge in [-0.25, -0.2) is 8.42 Å². The summed E-state index contributed by atoms with van der Waals surface area (Å²) in [6.07, 6.45) is 1.56. The molecule has 1 aliphatic rings. The molecule has 0 spiro atoms. The zero-order valence-corrected chi connectivity index (χ0v) is 12.1. The fraction of sp³-hybridized carbons (Fsp3) is 0.286. The molecule has 0 unspecified atom stereocenters. The molecule has 2 N–H and O–H groups in total. The molecule has 0 bridgehead atoms. The number of hydrogen-bond acceptors (Lipinski definition) is 3. The van der Waals surface area contributed by atoms with Gasteiger partial charge < -0.3 is 10.3 Å². The average molecular weight is 291 g/mol. The molecule has 3 rings (SSSR count). The Labute approximate surface area is 118 Å². The summed E-state index contributed by atoms with van der Waals surface area (Å²) in [6, 6.07) is 9.53. The number of aromatic nitrogens is 1. The summed E-state index contributed by atoms with van der Waals surface area (Å²) in [7, 11) is -1.60. The summed E-state index contributed by atoms with van der Waals surface area (Å²) >= 11 is 0. The summed E-state index contributed by atoms with van der Waals surface area (Å²) in [5.74, 6) is 0. The van der Waals surface area contributed by atoms with Gasteiger partial charge in [-0.15, -0.1) is 0 Å². The highest BCUT2D eigenvalue weighted by Gasteiger charge is 2.30. The SMILES string of the molecule is CNCc1cc(S(=O)(=O)N2Cc3ccccc3C2)c[nH]1. The molecule has 0 fully saturated rings. The summed E-state index contributed by atoms with van der Waals surface area (Å²) in [4.78, 5) is 3.32. The van der Waals surface area contributed by atoms with Crippen molar-refractivity contribution in [3.05, 3.63) is 53.3 Å². The van der Waals surface area contributed by atoms with Gasteiger partial charge in [-0.05, 0) is 24.2 Å². The van der Waals surface area contributed by atoms with E-state index in [1.165, 1.54) is 4.31 Å². The quantitative estimate of drug-likeness (QED) is 0.896. The Morgan fingerprint density at radius 1 is 1.25 bits per heavy atom. The van der Waals surface area contributed by atoms with Crippen molar-refractivity contribution in [1.29, 1.82) is 0 Å². The van der Waals surface area contributed by atoms with Crippen LogP contribution in [0.15, 0.2) is 41.4 Å². The fourth-order valence-electron chi connectivity index (χ4n) is 2.48. The topological polar surface area (TPSA) is 65.2 Å². The number of sulfonamides is 1. The number of hydrogen-bond donors (Lipinski definition) is 2. The summed E-state index contributed by atoms with van der Waals surface area (Å²) in [5, 5.41) is 2.99. The summed E-state index contributed by atoms with van der Waals surface area (Å²) in [5.41, 5.74) is 3.03. The van der Waals surface area contributed by atoms with Crippen LogP contribution >= 0.6 is 0 Å². The van der Waals surface area contributed by atoms with Crippen molar-refractivity contribution < 1.29 is 8.42 Å². The zero-order chi connectivity index (χ0) is 14.2. The Bertz CT molecular complexity index is 697. The van der Waals surface area contributed by atoms with Crippen molar-refractivity contribution in [3.63, 3.8) is 0 Å². The van der Waals surface area contributed by atoms with Crippen molar-refractivity contribution >= 4 is 10.0 Å². The van der Waals surface area contributed by atoms with Crippen LogP contribution in [0, 0.1) is 0 Å². The molecule has 1 aromatic carbocycles. The molecule has 1 aliphatic heterocycles. The largest absolute Gasteiger partial charge is 0.363 e. The Balaban J connectivity index is 1.86. The summed E-state index contributed by atoms with van der Waals surface area (Å²) in [6.45, 7) is 1.52. The van der Waals surface area contributed by atoms with Crippen LogP contribution in [-0.2, 0) is 29.7 Å². The van der Waals surface area contributed by atoms with Crippen LogP contribution in [0.3, 0.4) is 0 Å². The molecule has 0 atom stereocenters. The minimum atomic E-state index is -3.43. The Kier molecular flexibility index (Phi) is 3.37. The highest BCUT2D eigenvalue weighted by Crippen LogP contribution is 2.28. The van der Waals surface area contributed by atoms with Crippen LogP contribution in [0.2, 0.25) is 0 Å². The van der Waals surface area contributed by atoms with E-state index < -0.39 is 10.0 Å². The van der Waals surface area contributed by atoms with E-state index in [0.717, 1.165) is 16.8 Å². The van der Waals surface area contributed by atoms with Crippen LogP contribution in [0.1, 0.15) is 16.8 Å². The summed E-state index contributed by atoms with van der Waals surface area (Å²) < 4.78 is 26.7. The van der Waals surface area contributed by atoms with Crippen molar-refractivity contribution in [2.45, 2.75) is 24.5 Å². The molecule has 2 aromatic rings. The third-order valence-corrected chi connectivity index (χ3v) is 5.30. The first kappa shape index (κ1) is 13.4. The van der Waals surface area contributed by atoms with Gasteiger partial charge in [-0.2, -0.15) is 4.31 Å². The van der Waals surface area contributed by atoms with E-state index in [4.69, 9.17) is 0 Å². The van der Waals surface area contributed by atoms with Gasteiger partial charge in [0.15, 0.2) is 0 Å². The number of rotatable bonds is 4. The third-order valence-electron chi connectivity index (χ3n) is 3.53. The molecule has 2 heterocycles. The van der Waals surface area contributed by atoms with E-state index in [-0.39, 0.29) is 0 Å². The Morgan fingerprint density at radius 3 is 2.50 bits per heavy atom. The average Bonchev–Trinajstić information content (AvgIpc) is 3.05. The second kappa shape index (κ2) is 5.05. The molecule has 20 heavy (non-hydrogen) atoms. The number of H-pyrrole nitrogens is 1. The molecule has 0 saturated heterocycles. The highest BCUT2D eigenvalue weighted by atomic mass is 32.2.